The molecule has 0 saturated heterocycles. The summed E-state index contributed by atoms with van der Waals surface area (Å²) in [5.74, 6) is 0. The van der Waals surface area contributed by atoms with Gasteiger partial charge in [0, 0.05) is 36.5 Å². The van der Waals surface area contributed by atoms with Crippen molar-refractivity contribution < 1.29 is 0 Å². The fraction of sp³-hybridized carbons (Fsp3) is 0.176. The standard InChI is InChI=1S/C17H16N4O2/c1-13-10-16(22)21(12-15-4-8-19-9-5-15)17(23)20(13)11-14-2-6-18-7-3-14/h2-10H,11-12H2,1H3. The van der Waals surface area contributed by atoms with Crippen LogP contribution in [0.2, 0.25) is 0 Å². The van der Waals surface area contributed by atoms with Crippen molar-refractivity contribution in [3.63, 3.8) is 0 Å². The molecule has 0 aromatic carbocycles. The first-order valence-electron chi connectivity index (χ1n) is 7.24. The van der Waals surface area contributed by atoms with Gasteiger partial charge in [-0.15, -0.1) is 0 Å². The molecule has 0 aliphatic carbocycles. The highest BCUT2D eigenvalue weighted by molar-refractivity contribution is 5.14. The normalized spacial score (nSPS) is 10.7. The fourth-order valence-corrected chi connectivity index (χ4v) is 2.40. The van der Waals surface area contributed by atoms with Crippen molar-refractivity contribution in [2.24, 2.45) is 0 Å². The summed E-state index contributed by atoms with van der Waals surface area (Å²) in [6, 6.07) is 8.77. The topological polar surface area (TPSA) is 69.8 Å². The van der Waals surface area contributed by atoms with E-state index in [-0.39, 0.29) is 17.8 Å². The third-order valence-electron chi connectivity index (χ3n) is 3.67. The van der Waals surface area contributed by atoms with Gasteiger partial charge in [-0.1, -0.05) is 0 Å². The Morgan fingerprint density at radius 1 is 0.826 bits per heavy atom. The van der Waals surface area contributed by atoms with Gasteiger partial charge in [0.25, 0.3) is 5.56 Å². The molecule has 0 aliphatic rings. The van der Waals surface area contributed by atoms with Crippen molar-refractivity contribution in [1.29, 1.82) is 0 Å². The Kier molecular flexibility index (Phi) is 4.14. The van der Waals surface area contributed by atoms with Crippen LogP contribution in [0.5, 0.6) is 0 Å². The quantitative estimate of drug-likeness (QED) is 0.726. The number of rotatable bonds is 4. The third kappa shape index (κ3) is 3.26. The van der Waals surface area contributed by atoms with Crippen LogP contribution in [0.3, 0.4) is 0 Å². The van der Waals surface area contributed by atoms with Gasteiger partial charge in [-0.3, -0.25) is 23.9 Å². The number of aryl methyl sites for hydroxylation is 1. The van der Waals surface area contributed by atoms with Gasteiger partial charge in [-0.2, -0.15) is 0 Å². The molecule has 0 bridgehead atoms. The molecule has 23 heavy (non-hydrogen) atoms. The average Bonchev–Trinajstić information content (AvgIpc) is 2.57. The van der Waals surface area contributed by atoms with Crippen molar-refractivity contribution in [3.8, 4) is 0 Å². The largest absolute Gasteiger partial charge is 0.331 e. The molecule has 0 saturated carbocycles. The molecule has 6 nitrogen and oxygen atoms in total. The smallest absolute Gasteiger partial charge is 0.293 e. The molecule has 0 unspecified atom stereocenters. The van der Waals surface area contributed by atoms with Gasteiger partial charge in [0.1, 0.15) is 0 Å². The Morgan fingerprint density at radius 3 is 1.83 bits per heavy atom. The Labute approximate surface area is 132 Å². The molecule has 6 heteroatoms. The first kappa shape index (κ1) is 14.9. The van der Waals surface area contributed by atoms with E-state index in [1.54, 1.807) is 48.4 Å². The lowest BCUT2D eigenvalue weighted by atomic mass is 10.2. The van der Waals surface area contributed by atoms with Crippen molar-refractivity contribution in [1.82, 2.24) is 19.1 Å². The van der Waals surface area contributed by atoms with E-state index in [4.69, 9.17) is 0 Å². The number of hydrogen-bond donors (Lipinski definition) is 0. The number of nitrogens with zero attached hydrogens (tertiary/aromatic N) is 4. The Balaban J connectivity index is 2.03. The molecule has 0 radical (unpaired) electrons. The summed E-state index contributed by atoms with van der Waals surface area (Å²) in [5.41, 5.74) is 1.85. The highest BCUT2D eigenvalue weighted by Gasteiger charge is 2.10. The van der Waals surface area contributed by atoms with Gasteiger partial charge in [0.2, 0.25) is 0 Å². The third-order valence-corrected chi connectivity index (χ3v) is 3.67. The van der Waals surface area contributed by atoms with E-state index in [0.29, 0.717) is 12.2 Å². The van der Waals surface area contributed by atoms with Gasteiger partial charge in [0.05, 0.1) is 13.1 Å². The summed E-state index contributed by atoms with van der Waals surface area (Å²) in [6.07, 6.45) is 6.65. The maximum atomic E-state index is 12.7. The maximum Gasteiger partial charge on any atom is 0.331 e. The summed E-state index contributed by atoms with van der Waals surface area (Å²) in [5, 5.41) is 0. The predicted octanol–water partition coefficient (Wildman–Crippen LogP) is 1.21. The molecule has 3 rings (SSSR count). The van der Waals surface area contributed by atoms with Gasteiger partial charge in [-0.25, -0.2) is 4.79 Å². The molecular formula is C17H16N4O2. The van der Waals surface area contributed by atoms with E-state index >= 15 is 0 Å². The summed E-state index contributed by atoms with van der Waals surface area (Å²) in [7, 11) is 0. The van der Waals surface area contributed by atoms with Crippen molar-refractivity contribution in [2.75, 3.05) is 0 Å². The molecule has 0 amide bonds. The van der Waals surface area contributed by atoms with Crippen molar-refractivity contribution >= 4 is 0 Å². The fourth-order valence-electron chi connectivity index (χ4n) is 2.40. The van der Waals surface area contributed by atoms with E-state index in [9.17, 15) is 9.59 Å². The van der Waals surface area contributed by atoms with E-state index < -0.39 is 0 Å². The molecule has 0 N–H and O–H groups in total. The van der Waals surface area contributed by atoms with E-state index in [1.807, 2.05) is 12.1 Å². The molecule has 116 valence electrons. The van der Waals surface area contributed by atoms with Crippen LogP contribution >= 0.6 is 0 Å². The zero-order valence-corrected chi connectivity index (χ0v) is 12.7. The Bertz CT molecular complexity index is 915. The van der Waals surface area contributed by atoms with Crippen LogP contribution in [0.15, 0.2) is 64.7 Å². The molecule has 0 aliphatic heterocycles. The summed E-state index contributed by atoms with van der Waals surface area (Å²) in [6.45, 7) is 2.40. The second-order valence-electron chi connectivity index (χ2n) is 5.29. The Morgan fingerprint density at radius 2 is 1.30 bits per heavy atom. The van der Waals surface area contributed by atoms with E-state index in [0.717, 1.165) is 11.1 Å². The van der Waals surface area contributed by atoms with Crippen LogP contribution in [0.1, 0.15) is 16.8 Å². The van der Waals surface area contributed by atoms with Crippen LogP contribution < -0.4 is 11.2 Å². The lowest BCUT2D eigenvalue weighted by Crippen LogP contribution is -2.41. The van der Waals surface area contributed by atoms with Crippen molar-refractivity contribution in [3.05, 3.63) is 92.8 Å². The molecule has 3 aromatic rings. The van der Waals surface area contributed by atoms with Crippen molar-refractivity contribution in [2.45, 2.75) is 20.0 Å². The number of hydrogen-bond acceptors (Lipinski definition) is 4. The minimum absolute atomic E-state index is 0.233. The summed E-state index contributed by atoms with van der Waals surface area (Å²) >= 11 is 0. The monoisotopic (exact) mass is 308 g/mol. The molecular weight excluding hydrogens is 292 g/mol. The lowest BCUT2D eigenvalue weighted by molar-refractivity contribution is 0.597. The molecule has 0 spiro atoms. The second kappa shape index (κ2) is 6.39. The van der Waals surface area contributed by atoms with Gasteiger partial charge >= 0.3 is 5.69 Å². The minimum Gasteiger partial charge on any atom is -0.293 e. The molecule has 0 fully saturated rings. The van der Waals surface area contributed by atoms with Crippen LogP contribution in [0, 0.1) is 6.92 Å². The summed E-state index contributed by atoms with van der Waals surface area (Å²) < 4.78 is 2.83. The van der Waals surface area contributed by atoms with Gasteiger partial charge in [-0.05, 0) is 42.3 Å². The number of pyridine rings is 2. The zero-order chi connectivity index (χ0) is 16.2. The van der Waals surface area contributed by atoms with Crippen LogP contribution in [-0.4, -0.2) is 19.1 Å². The van der Waals surface area contributed by atoms with Crippen LogP contribution in [-0.2, 0) is 13.1 Å². The summed E-state index contributed by atoms with van der Waals surface area (Å²) in [4.78, 5) is 32.8. The maximum absolute atomic E-state index is 12.7. The average molecular weight is 308 g/mol. The number of aromatic nitrogens is 4. The molecule has 3 heterocycles. The van der Waals surface area contributed by atoms with Crippen LogP contribution in [0.25, 0.3) is 0 Å². The first-order valence-corrected chi connectivity index (χ1v) is 7.24. The Hall–Kier alpha value is -3.02. The predicted molar refractivity (Wildman–Crippen MR) is 86.4 cm³/mol. The van der Waals surface area contributed by atoms with E-state index in [2.05, 4.69) is 9.97 Å². The molecule has 3 aromatic heterocycles. The lowest BCUT2D eigenvalue weighted by Gasteiger charge is -2.13. The highest BCUT2D eigenvalue weighted by atomic mass is 16.2. The highest BCUT2D eigenvalue weighted by Crippen LogP contribution is 2.02. The second-order valence-corrected chi connectivity index (χ2v) is 5.29. The SMILES string of the molecule is Cc1cc(=O)n(Cc2ccncc2)c(=O)n1Cc1ccncc1. The van der Waals surface area contributed by atoms with Crippen LogP contribution in [0.4, 0.5) is 0 Å². The molecule has 0 atom stereocenters. The van der Waals surface area contributed by atoms with Gasteiger partial charge in [0.15, 0.2) is 0 Å². The minimum atomic E-state index is -0.316. The van der Waals surface area contributed by atoms with Gasteiger partial charge < -0.3 is 0 Å². The van der Waals surface area contributed by atoms with E-state index in [1.165, 1.54) is 10.6 Å². The first-order chi connectivity index (χ1) is 11.1. The zero-order valence-electron chi connectivity index (χ0n) is 12.7.